The smallest absolute Gasteiger partial charge is 0.347 e. The summed E-state index contributed by atoms with van der Waals surface area (Å²) in [6, 6.07) is 7.53. The number of carbonyl (C=O) groups is 1. The van der Waals surface area contributed by atoms with Crippen molar-refractivity contribution in [3.05, 3.63) is 28.7 Å². The Morgan fingerprint density at radius 3 is 2.42 bits per heavy atom. The van der Waals surface area contributed by atoms with Gasteiger partial charge in [-0.3, -0.25) is 0 Å². The molecule has 0 aliphatic rings. The summed E-state index contributed by atoms with van der Waals surface area (Å²) in [5.74, 6) is 0.149. The Morgan fingerprint density at radius 2 is 1.88 bits per heavy atom. The highest BCUT2D eigenvalue weighted by molar-refractivity contribution is 9.10. The predicted molar refractivity (Wildman–Crippen MR) is 109 cm³/mol. The van der Waals surface area contributed by atoms with E-state index in [4.69, 9.17) is 14.0 Å². The Kier molecular flexibility index (Phi) is 6.02. The van der Waals surface area contributed by atoms with E-state index in [9.17, 15) is 4.79 Å². The van der Waals surface area contributed by atoms with E-state index in [1.54, 1.807) is 6.92 Å². The van der Waals surface area contributed by atoms with E-state index in [2.05, 4.69) is 40.7 Å². The van der Waals surface area contributed by atoms with Crippen molar-refractivity contribution in [2.75, 3.05) is 0 Å². The van der Waals surface area contributed by atoms with Gasteiger partial charge in [0.15, 0.2) is 6.10 Å². The summed E-state index contributed by atoms with van der Waals surface area (Å²) < 4.78 is 17.7. The van der Waals surface area contributed by atoms with Gasteiger partial charge in [0, 0.05) is 16.1 Å². The molecule has 0 spiro atoms. The van der Waals surface area contributed by atoms with Crippen molar-refractivity contribution in [2.45, 2.75) is 59.0 Å². The third-order valence-electron chi connectivity index (χ3n) is 3.51. The number of halogens is 1. The monoisotopic (exact) mass is 439 g/mol. The molecule has 5 nitrogen and oxygen atoms in total. The standard InChI is InChI=1S/C19H26BrNO4Si/c1-12(18(22)24-19(2,3)4)23-16-9-8-13(20)10-14(16)15-11-17(25-21-15)26(5,6)7/h8-12H,1-7H3. The molecule has 0 aliphatic carbocycles. The summed E-state index contributed by atoms with van der Waals surface area (Å²) in [5, 5.41) is 5.12. The number of rotatable bonds is 5. The second kappa shape index (κ2) is 7.56. The van der Waals surface area contributed by atoms with Crippen LogP contribution in [0.1, 0.15) is 27.7 Å². The van der Waals surface area contributed by atoms with Crippen LogP contribution in [0.4, 0.5) is 0 Å². The van der Waals surface area contributed by atoms with Crippen molar-refractivity contribution >= 4 is 35.4 Å². The first-order chi connectivity index (χ1) is 11.9. The van der Waals surface area contributed by atoms with Gasteiger partial charge in [0.25, 0.3) is 0 Å². The molecule has 0 saturated carbocycles. The molecule has 0 amide bonds. The molecular formula is C19H26BrNO4Si. The van der Waals surface area contributed by atoms with Crippen LogP contribution in [0.5, 0.6) is 5.75 Å². The number of ether oxygens (including phenoxy) is 2. The first-order valence-corrected chi connectivity index (χ1v) is 12.8. The Morgan fingerprint density at radius 1 is 1.23 bits per heavy atom. The van der Waals surface area contributed by atoms with Crippen LogP contribution in [0.25, 0.3) is 11.3 Å². The fraction of sp³-hybridized carbons (Fsp3) is 0.474. The number of benzene rings is 1. The summed E-state index contributed by atoms with van der Waals surface area (Å²) in [5.41, 5.74) is 0.897. The molecule has 0 radical (unpaired) electrons. The van der Waals surface area contributed by atoms with E-state index in [-0.39, 0.29) is 0 Å². The number of esters is 1. The van der Waals surface area contributed by atoms with Crippen molar-refractivity contribution in [1.29, 1.82) is 0 Å². The van der Waals surface area contributed by atoms with Crippen LogP contribution >= 0.6 is 15.9 Å². The number of hydrogen-bond donors (Lipinski definition) is 0. The van der Waals surface area contributed by atoms with Gasteiger partial charge in [0.2, 0.25) is 0 Å². The highest BCUT2D eigenvalue weighted by Gasteiger charge is 2.26. The second-order valence-corrected chi connectivity index (χ2v) is 14.2. The molecule has 1 aromatic heterocycles. The van der Waals surface area contributed by atoms with Gasteiger partial charge < -0.3 is 14.0 Å². The molecule has 0 aliphatic heterocycles. The van der Waals surface area contributed by atoms with Crippen LogP contribution in [0.15, 0.2) is 33.3 Å². The minimum absolute atomic E-state index is 0.408. The van der Waals surface area contributed by atoms with Gasteiger partial charge in [0.05, 0.1) is 0 Å². The van der Waals surface area contributed by atoms with Crippen molar-refractivity contribution in [2.24, 2.45) is 0 Å². The van der Waals surface area contributed by atoms with Gasteiger partial charge in [-0.25, -0.2) is 4.79 Å². The fourth-order valence-corrected chi connectivity index (χ4v) is 3.43. The van der Waals surface area contributed by atoms with Crippen LogP contribution in [0.3, 0.4) is 0 Å². The van der Waals surface area contributed by atoms with E-state index < -0.39 is 25.7 Å². The van der Waals surface area contributed by atoms with E-state index in [1.165, 1.54) is 0 Å². The van der Waals surface area contributed by atoms with Crippen molar-refractivity contribution in [1.82, 2.24) is 5.16 Å². The van der Waals surface area contributed by atoms with E-state index in [1.807, 2.05) is 45.0 Å². The van der Waals surface area contributed by atoms with Gasteiger partial charge in [-0.1, -0.05) is 40.7 Å². The van der Waals surface area contributed by atoms with E-state index in [0.29, 0.717) is 11.4 Å². The molecule has 1 heterocycles. The van der Waals surface area contributed by atoms with Gasteiger partial charge in [-0.15, -0.1) is 0 Å². The summed E-state index contributed by atoms with van der Waals surface area (Å²) in [6.07, 6.45) is -0.738. The third kappa shape index (κ3) is 5.44. The predicted octanol–water partition coefficient (Wildman–Crippen LogP) is 4.76. The molecule has 2 aromatic rings. The average molecular weight is 440 g/mol. The Hall–Kier alpha value is -1.60. The van der Waals surface area contributed by atoms with Crippen LogP contribution in [-0.4, -0.2) is 30.9 Å². The van der Waals surface area contributed by atoms with E-state index >= 15 is 0 Å². The molecule has 0 saturated heterocycles. The SMILES string of the molecule is CC(Oc1ccc(Br)cc1-c1cc([Si](C)(C)C)on1)C(=O)OC(C)(C)C. The number of aromatic nitrogens is 1. The normalized spacial score (nSPS) is 13.4. The molecule has 0 fully saturated rings. The summed E-state index contributed by atoms with van der Waals surface area (Å²) in [6.45, 7) is 13.7. The zero-order valence-corrected chi connectivity index (χ0v) is 18.9. The third-order valence-corrected chi connectivity index (χ3v) is 5.72. The number of nitrogens with zero attached hydrogens (tertiary/aromatic N) is 1. The minimum Gasteiger partial charge on any atom is -0.478 e. The lowest BCUT2D eigenvalue weighted by atomic mass is 10.1. The van der Waals surface area contributed by atoms with Gasteiger partial charge in [0.1, 0.15) is 30.5 Å². The molecule has 2 rings (SSSR count). The van der Waals surface area contributed by atoms with Crippen LogP contribution in [-0.2, 0) is 9.53 Å². The second-order valence-electron chi connectivity index (χ2n) is 8.26. The molecular weight excluding hydrogens is 414 g/mol. The number of hydrogen-bond acceptors (Lipinski definition) is 5. The molecule has 0 N–H and O–H groups in total. The molecule has 7 heteroatoms. The maximum atomic E-state index is 12.2. The zero-order chi connectivity index (χ0) is 19.7. The summed E-state index contributed by atoms with van der Waals surface area (Å²) >= 11 is 3.48. The molecule has 1 aromatic carbocycles. The minimum atomic E-state index is -1.61. The zero-order valence-electron chi connectivity index (χ0n) is 16.3. The first-order valence-electron chi connectivity index (χ1n) is 8.53. The van der Waals surface area contributed by atoms with Crippen LogP contribution < -0.4 is 10.1 Å². The van der Waals surface area contributed by atoms with Gasteiger partial charge in [-0.2, -0.15) is 0 Å². The van der Waals surface area contributed by atoms with Crippen molar-refractivity contribution in [3.63, 3.8) is 0 Å². The Bertz CT molecular complexity index is 790. The topological polar surface area (TPSA) is 61.6 Å². The largest absolute Gasteiger partial charge is 0.478 e. The Balaban J connectivity index is 2.31. The fourth-order valence-electron chi connectivity index (χ4n) is 2.18. The van der Waals surface area contributed by atoms with Gasteiger partial charge >= 0.3 is 5.97 Å². The Labute approximate surface area is 164 Å². The molecule has 1 atom stereocenters. The van der Waals surface area contributed by atoms with Crippen molar-refractivity contribution in [3.8, 4) is 17.0 Å². The molecule has 1 unspecified atom stereocenters. The van der Waals surface area contributed by atoms with Crippen molar-refractivity contribution < 1.29 is 18.8 Å². The van der Waals surface area contributed by atoms with Gasteiger partial charge in [-0.05, 0) is 45.9 Å². The van der Waals surface area contributed by atoms with Crippen LogP contribution in [0.2, 0.25) is 19.6 Å². The van der Waals surface area contributed by atoms with Crippen LogP contribution in [0, 0.1) is 0 Å². The number of carbonyl (C=O) groups excluding carboxylic acids is 1. The quantitative estimate of drug-likeness (QED) is 0.496. The first kappa shape index (κ1) is 20.7. The molecule has 0 bridgehead atoms. The van der Waals surface area contributed by atoms with E-state index in [0.717, 1.165) is 15.4 Å². The maximum Gasteiger partial charge on any atom is 0.347 e. The summed E-state index contributed by atoms with van der Waals surface area (Å²) in [4.78, 5) is 12.2. The lowest BCUT2D eigenvalue weighted by Gasteiger charge is -2.23. The average Bonchev–Trinajstić information content (AvgIpc) is 2.97. The molecule has 142 valence electrons. The maximum absolute atomic E-state index is 12.2. The lowest BCUT2D eigenvalue weighted by molar-refractivity contribution is -0.162. The highest BCUT2D eigenvalue weighted by atomic mass is 79.9. The molecule has 26 heavy (non-hydrogen) atoms. The lowest BCUT2D eigenvalue weighted by Crippen LogP contribution is -2.36. The highest BCUT2D eigenvalue weighted by Crippen LogP contribution is 2.32. The summed E-state index contributed by atoms with van der Waals surface area (Å²) in [7, 11) is -1.61.